The highest BCUT2D eigenvalue weighted by Gasteiger charge is 2.35. The molecule has 192 valence electrons. The van der Waals surface area contributed by atoms with Crippen LogP contribution in [-0.4, -0.2) is 26.9 Å². The summed E-state index contributed by atoms with van der Waals surface area (Å²) in [6.07, 6.45) is 0. The van der Waals surface area contributed by atoms with Crippen molar-refractivity contribution in [3.63, 3.8) is 0 Å². The summed E-state index contributed by atoms with van der Waals surface area (Å²) in [5.74, 6) is -0.952. The number of aryl methyl sites for hydroxylation is 5. The first-order valence-corrected chi connectivity index (χ1v) is 13.3. The van der Waals surface area contributed by atoms with Crippen LogP contribution >= 0.6 is 0 Å². The third-order valence-electron chi connectivity index (χ3n) is 6.15. The second-order valence-corrected chi connectivity index (χ2v) is 10.8. The van der Waals surface area contributed by atoms with E-state index in [1.54, 1.807) is 70.2 Å². The molecular formula is C29H29NO6S. The molecule has 1 heterocycles. The molecule has 4 rings (SSSR count). The lowest BCUT2D eigenvalue weighted by Gasteiger charge is -2.25. The van der Waals surface area contributed by atoms with Crippen LogP contribution in [0.4, 0.5) is 5.69 Å². The van der Waals surface area contributed by atoms with Crippen molar-refractivity contribution in [1.29, 1.82) is 0 Å². The minimum atomic E-state index is -4.36. The minimum absolute atomic E-state index is 0.0626. The Morgan fingerprint density at radius 1 is 0.865 bits per heavy atom. The maximum Gasteiger partial charge on any atom is 0.342 e. The van der Waals surface area contributed by atoms with Crippen molar-refractivity contribution in [2.75, 3.05) is 10.9 Å². The number of rotatable bonds is 6. The smallest absolute Gasteiger partial charge is 0.342 e. The summed E-state index contributed by atoms with van der Waals surface area (Å²) in [5.41, 5.74) is 3.80. The molecule has 7 nitrogen and oxygen atoms in total. The number of ether oxygens (including phenoxy) is 1. The van der Waals surface area contributed by atoms with Gasteiger partial charge in [0, 0.05) is 10.9 Å². The first kappa shape index (κ1) is 26.2. The topological polar surface area (TPSA) is 93.9 Å². The number of amides is 1. The molecule has 8 heteroatoms. The molecule has 1 aromatic heterocycles. The molecular weight excluding hydrogens is 490 g/mol. The molecule has 0 aliphatic heterocycles. The number of carbonyl (C=O) groups excluding carboxylic acids is 2. The van der Waals surface area contributed by atoms with Crippen molar-refractivity contribution in [2.24, 2.45) is 0 Å². The minimum Gasteiger partial charge on any atom is -0.462 e. The molecule has 0 fully saturated rings. The molecule has 1 amide bonds. The monoisotopic (exact) mass is 519 g/mol. The third kappa shape index (κ3) is 4.76. The fourth-order valence-electron chi connectivity index (χ4n) is 4.63. The molecule has 0 unspecified atom stereocenters. The lowest BCUT2D eigenvalue weighted by molar-refractivity contribution is 0.0526. The van der Waals surface area contributed by atoms with Gasteiger partial charge in [-0.05, 0) is 83.0 Å². The van der Waals surface area contributed by atoms with Gasteiger partial charge in [0.2, 0.25) is 0 Å². The van der Waals surface area contributed by atoms with Crippen molar-refractivity contribution in [3.8, 4) is 0 Å². The maximum absolute atomic E-state index is 14.2. The SMILES string of the molecule is CCOC(=O)c1c(C)oc2ccc(N(C(=O)c3ccc(C)cc3)S(=O)(=O)c3c(C)cc(C)cc3C)cc12. The normalized spacial score (nSPS) is 11.5. The summed E-state index contributed by atoms with van der Waals surface area (Å²) in [4.78, 5) is 26.6. The summed E-state index contributed by atoms with van der Waals surface area (Å²) in [7, 11) is -4.36. The zero-order valence-corrected chi connectivity index (χ0v) is 22.5. The van der Waals surface area contributed by atoms with Crippen molar-refractivity contribution in [2.45, 2.75) is 46.4 Å². The molecule has 3 aromatic carbocycles. The van der Waals surface area contributed by atoms with Gasteiger partial charge in [-0.15, -0.1) is 0 Å². The quantitative estimate of drug-likeness (QED) is 0.282. The number of sulfonamides is 1. The van der Waals surface area contributed by atoms with Gasteiger partial charge in [-0.3, -0.25) is 4.79 Å². The predicted molar refractivity (Wildman–Crippen MR) is 143 cm³/mol. The lowest BCUT2D eigenvalue weighted by Crippen LogP contribution is -2.37. The van der Waals surface area contributed by atoms with Crippen LogP contribution in [-0.2, 0) is 14.8 Å². The summed E-state index contributed by atoms with van der Waals surface area (Å²) < 4.78 is 40.2. The highest BCUT2D eigenvalue weighted by molar-refractivity contribution is 7.93. The zero-order chi connectivity index (χ0) is 27.1. The Morgan fingerprint density at radius 2 is 1.49 bits per heavy atom. The third-order valence-corrected chi connectivity index (χ3v) is 8.16. The van der Waals surface area contributed by atoms with E-state index in [0.717, 1.165) is 15.4 Å². The first-order valence-electron chi connectivity index (χ1n) is 11.9. The molecule has 0 bridgehead atoms. The van der Waals surface area contributed by atoms with Crippen LogP contribution < -0.4 is 4.31 Å². The van der Waals surface area contributed by atoms with E-state index in [1.165, 1.54) is 12.1 Å². The molecule has 0 aliphatic carbocycles. The summed E-state index contributed by atoms with van der Waals surface area (Å²) in [6, 6.07) is 14.8. The number of nitrogens with zero attached hydrogens (tertiary/aromatic N) is 1. The van der Waals surface area contributed by atoms with Crippen molar-refractivity contribution < 1.29 is 27.2 Å². The second-order valence-electron chi connectivity index (χ2n) is 9.10. The molecule has 37 heavy (non-hydrogen) atoms. The van der Waals surface area contributed by atoms with E-state index in [1.807, 2.05) is 13.8 Å². The van der Waals surface area contributed by atoms with Crippen LogP contribution in [0.15, 0.2) is 63.9 Å². The van der Waals surface area contributed by atoms with Crippen LogP contribution in [0.5, 0.6) is 0 Å². The standard InChI is InChI=1S/C29H29NO6S/c1-7-35-29(32)26-21(6)36-25-13-12-23(16-24(25)26)30(28(31)22-10-8-17(2)9-11-22)37(33,34)27-19(4)14-18(3)15-20(27)5/h8-16H,7H2,1-6H3. The Labute approximate surface area is 216 Å². The Bertz CT molecular complexity index is 1610. The molecule has 0 N–H and O–H groups in total. The lowest BCUT2D eigenvalue weighted by atomic mass is 10.1. The van der Waals surface area contributed by atoms with E-state index in [9.17, 15) is 18.0 Å². The summed E-state index contributed by atoms with van der Waals surface area (Å²) in [6.45, 7) is 10.7. The Hall–Kier alpha value is -3.91. The van der Waals surface area contributed by atoms with Gasteiger partial charge < -0.3 is 9.15 Å². The van der Waals surface area contributed by atoms with E-state index >= 15 is 0 Å². The van der Waals surface area contributed by atoms with Gasteiger partial charge in [0.1, 0.15) is 16.9 Å². The number of anilines is 1. The molecule has 0 saturated carbocycles. The highest BCUT2D eigenvalue weighted by Crippen LogP contribution is 2.35. The number of carbonyl (C=O) groups is 2. The van der Waals surface area contributed by atoms with Gasteiger partial charge in [0.25, 0.3) is 15.9 Å². The van der Waals surface area contributed by atoms with Crippen LogP contribution in [0.25, 0.3) is 11.0 Å². The van der Waals surface area contributed by atoms with Gasteiger partial charge in [-0.25, -0.2) is 13.2 Å². The predicted octanol–water partition coefficient (Wildman–Crippen LogP) is 6.19. The number of benzene rings is 3. The van der Waals surface area contributed by atoms with E-state index in [4.69, 9.17) is 9.15 Å². The molecule has 0 saturated heterocycles. The van der Waals surface area contributed by atoms with E-state index in [2.05, 4.69) is 0 Å². The molecule has 0 atom stereocenters. The van der Waals surface area contributed by atoms with Crippen LogP contribution in [0.2, 0.25) is 0 Å². The maximum atomic E-state index is 14.2. The zero-order valence-electron chi connectivity index (χ0n) is 21.7. The highest BCUT2D eigenvalue weighted by atomic mass is 32.2. The summed E-state index contributed by atoms with van der Waals surface area (Å²) >= 11 is 0. The van der Waals surface area contributed by atoms with Crippen LogP contribution in [0.3, 0.4) is 0 Å². The van der Waals surface area contributed by atoms with Gasteiger partial charge in [0.15, 0.2) is 0 Å². The van der Waals surface area contributed by atoms with E-state index < -0.39 is 21.9 Å². The van der Waals surface area contributed by atoms with Gasteiger partial charge >= 0.3 is 5.97 Å². The Morgan fingerprint density at radius 3 is 2.08 bits per heavy atom. The molecule has 4 aromatic rings. The number of furan rings is 1. The van der Waals surface area contributed by atoms with Gasteiger partial charge in [-0.1, -0.05) is 35.4 Å². The van der Waals surface area contributed by atoms with Crippen LogP contribution in [0, 0.1) is 34.6 Å². The van der Waals surface area contributed by atoms with Crippen LogP contribution in [0.1, 0.15) is 55.7 Å². The first-order chi connectivity index (χ1) is 17.4. The Balaban J connectivity index is 1.99. The van der Waals surface area contributed by atoms with Gasteiger partial charge in [0.05, 0.1) is 17.2 Å². The van der Waals surface area contributed by atoms with E-state index in [-0.39, 0.29) is 28.3 Å². The summed E-state index contributed by atoms with van der Waals surface area (Å²) in [5, 5.41) is 0.364. The van der Waals surface area contributed by atoms with Gasteiger partial charge in [-0.2, -0.15) is 4.31 Å². The Kier molecular flexibility index (Phi) is 6.97. The fourth-order valence-corrected chi connectivity index (χ4v) is 6.46. The number of hydrogen-bond acceptors (Lipinski definition) is 6. The molecule has 0 spiro atoms. The average Bonchev–Trinajstić information content (AvgIpc) is 3.13. The largest absolute Gasteiger partial charge is 0.462 e. The molecule has 0 aliphatic rings. The fraction of sp³-hybridized carbons (Fsp3) is 0.241. The van der Waals surface area contributed by atoms with Crippen molar-refractivity contribution >= 4 is 38.6 Å². The van der Waals surface area contributed by atoms with Crippen molar-refractivity contribution in [1.82, 2.24) is 0 Å². The number of esters is 1. The van der Waals surface area contributed by atoms with Crippen molar-refractivity contribution in [3.05, 3.63) is 93.7 Å². The molecule has 0 radical (unpaired) electrons. The number of hydrogen-bond donors (Lipinski definition) is 0. The van der Waals surface area contributed by atoms with E-state index in [0.29, 0.717) is 27.9 Å². The average molecular weight is 520 g/mol. The second kappa shape index (κ2) is 9.86. The number of fused-ring (bicyclic) bond motifs is 1.